The maximum Gasteiger partial charge on any atom is 0.329 e. The number of imidazole rings is 1. The minimum Gasteiger partial charge on any atom is -0.480 e. The monoisotopic (exact) mass is 460 g/mol. The highest BCUT2D eigenvalue weighted by Crippen LogP contribution is 2.37. The number of rotatable bonds is 8. The van der Waals surface area contributed by atoms with Crippen LogP contribution in [0.4, 0.5) is 4.39 Å². The van der Waals surface area contributed by atoms with Crippen LogP contribution < -0.4 is 0 Å². The number of aromatic nitrogens is 3. The van der Waals surface area contributed by atoms with Gasteiger partial charge in [-0.3, -0.25) is 0 Å². The Kier molecular flexibility index (Phi) is 7.06. The first kappa shape index (κ1) is 22.6. The number of carbonyl (C=O) groups is 1. The number of sulfonamides is 1. The van der Waals surface area contributed by atoms with Crippen LogP contribution in [0, 0.1) is 11.7 Å². The lowest BCUT2D eigenvalue weighted by Gasteiger charge is -2.35. The van der Waals surface area contributed by atoms with Gasteiger partial charge >= 0.3 is 5.97 Å². The van der Waals surface area contributed by atoms with Gasteiger partial charge in [0.05, 0.1) is 24.3 Å². The Balaban J connectivity index is 1.65. The first-order chi connectivity index (χ1) is 14.2. The zero-order chi connectivity index (χ0) is 21.9. The van der Waals surface area contributed by atoms with Gasteiger partial charge in [0.15, 0.2) is 11.0 Å². The van der Waals surface area contributed by atoms with Gasteiger partial charge in [0.25, 0.3) is 0 Å². The number of ether oxygens (including phenoxy) is 1. The number of aromatic amines is 1. The Labute approximate surface area is 178 Å². The van der Waals surface area contributed by atoms with E-state index < -0.39 is 28.4 Å². The van der Waals surface area contributed by atoms with E-state index in [9.17, 15) is 17.6 Å². The van der Waals surface area contributed by atoms with Crippen molar-refractivity contribution in [3.05, 3.63) is 35.0 Å². The predicted octanol–water partition coefficient (Wildman–Crippen LogP) is 2.12. The number of hydrogen-bond donors (Lipinski definition) is 2. The van der Waals surface area contributed by atoms with Gasteiger partial charge in [-0.25, -0.2) is 31.9 Å². The summed E-state index contributed by atoms with van der Waals surface area (Å²) >= 11 is 6.32. The Morgan fingerprint density at radius 3 is 2.87 bits per heavy atom. The minimum atomic E-state index is -3.56. The van der Waals surface area contributed by atoms with E-state index in [1.807, 2.05) is 6.92 Å². The number of halogens is 2. The Morgan fingerprint density at radius 1 is 1.47 bits per heavy atom. The lowest BCUT2D eigenvalue weighted by molar-refractivity contribution is -0.142. The van der Waals surface area contributed by atoms with Crippen LogP contribution in [0.2, 0.25) is 5.15 Å². The van der Waals surface area contributed by atoms with Crippen LogP contribution in [0.25, 0.3) is 11.5 Å². The Hall–Kier alpha value is -2.08. The minimum absolute atomic E-state index is 0.0334. The van der Waals surface area contributed by atoms with E-state index >= 15 is 0 Å². The molecule has 0 unspecified atom stereocenters. The lowest BCUT2D eigenvalue weighted by atomic mass is 9.86. The molecule has 0 aromatic carbocycles. The van der Waals surface area contributed by atoms with Crippen molar-refractivity contribution in [1.82, 2.24) is 19.3 Å². The first-order valence-electron chi connectivity index (χ1n) is 9.32. The number of carboxylic acid groups (broad SMARTS) is 1. The normalized spacial score (nSPS) is 20.4. The summed E-state index contributed by atoms with van der Waals surface area (Å²) in [5, 5.41) is 8.83. The van der Waals surface area contributed by atoms with E-state index in [-0.39, 0.29) is 29.3 Å². The third kappa shape index (κ3) is 5.34. The SMILES string of the molecule is C[C@H]1CN(S(=O)(=O)CCOCC(=O)O)CC[C@H]1c1[nH]c(-c2ccc(F)cn2)nc1Cl. The van der Waals surface area contributed by atoms with Crippen molar-refractivity contribution in [3.8, 4) is 11.5 Å². The molecule has 30 heavy (non-hydrogen) atoms. The van der Waals surface area contributed by atoms with E-state index in [4.69, 9.17) is 21.4 Å². The molecule has 9 nitrogen and oxygen atoms in total. The lowest BCUT2D eigenvalue weighted by Crippen LogP contribution is -2.43. The van der Waals surface area contributed by atoms with Gasteiger partial charge in [-0.05, 0) is 24.5 Å². The standard InChI is InChI=1S/C18H22ClFN4O5S/c1-11-9-24(30(27,28)7-6-29-10-15(25)26)5-4-13(11)16-17(19)23-18(22-16)14-3-2-12(20)8-21-14/h2-3,8,11,13H,4-7,9-10H2,1H3,(H,22,23)(H,25,26)/t11-,13+/m0/s1. The smallest absolute Gasteiger partial charge is 0.329 e. The number of pyridine rings is 1. The summed E-state index contributed by atoms with van der Waals surface area (Å²) < 4.78 is 44.4. The Morgan fingerprint density at radius 2 is 2.23 bits per heavy atom. The van der Waals surface area contributed by atoms with Crippen LogP contribution in [0.15, 0.2) is 18.3 Å². The second kappa shape index (κ2) is 9.38. The number of carboxylic acids is 1. The molecular formula is C18H22ClFN4O5S. The topological polar surface area (TPSA) is 125 Å². The van der Waals surface area contributed by atoms with Gasteiger partial charge in [0, 0.05) is 19.0 Å². The van der Waals surface area contributed by atoms with Crippen molar-refractivity contribution in [2.45, 2.75) is 19.3 Å². The van der Waals surface area contributed by atoms with Crippen LogP contribution in [0.3, 0.4) is 0 Å². The maximum atomic E-state index is 13.1. The second-order valence-corrected chi connectivity index (χ2v) is 9.59. The zero-order valence-corrected chi connectivity index (χ0v) is 17.8. The predicted molar refractivity (Wildman–Crippen MR) is 107 cm³/mol. The highest BCUT2D eigenvalue weighted by atomic mass is 35.5. The molecule has 2 N–H and O–H groups in total. The highest BCUT2D eigenvalue weighted by Gasteiger charge is 2.35. The van der Waals surface area contributed by atoms with E-state index in [1.54, 1.807) is 0 Å². The maximum absolute atomic E-state index is 13.1. The Bertz CT molecular complexity index is 999. The molecule has 0 bridgehead atoms. The molecule has 0 amide bonds. The third-order valence-corrected chi connectivity index (χ3v) is 7.09. The summed E-state index contributed by atoms with van der Waals surface area (Å²) in [7, 11) is -3.56. The van der Waals surface area contributed by atoms with Gasteiger partial charge < -0.3 is 14.8 Å². The van der Waals surface area contributed by atoms with Crippen LogP contribution in [-0.2, 0) is 19.6 Å². The van der Waals surface area contributed by atoms with Crippen molar-refractivity contribution in [2.24, 2.45) is 5.92 Å². The molecule has 12 heteroatoms. The molecule has 2 atom stereocenters. The molecule has 1 fully saturated rings. The van der Waals surface area contributed by atoms with E-state index in [0.717, 1.165) is 6.20 Å². The molecule has 0 spiro atoms. The summed E-state index contributed by atoms with van der Waals surface area (Å²) in [6.07, 6.45) is 1.63. The van der Waals surface area contributed by atoms with Crippen LogP contribution in [0.5, 0.6) is 0 Å². The van der Waals surface area contributed by atoms with Gasteiger partial charge in [0.1, 0.15) is 18.1 Å². The summed E-state index contributed by atoms with van der Waals surface area (Å²) in [4.78, 5) is 21.9. The van der Waals surface area contributed by atoms with Gasteiger partial charge in [-0.1, -0.05) is 18.5 Å². The molecule has 1 aliphatic rings. The van der Waals surface area contributed by atoms with Crippen LogP contribution >= 0.6 is 11.6 Å². The summed E-state index contributed by atoms with van der Waals surface area (Å²) in [5.41, 5.74) is 1.16. The fourth-order valence-electron chi connectivity index (χ4n) is 3.49. The van der Waals surface area contributed by atoms with Gasteiger partial charge in [0.2, 0.25) is 10.0 Å². The zero-order valence-electron chi connectivity index (χ0n) is 16.2. The van der Waals surface area contributed by atoms with Crippen molar-refractivity contribution in [1.29, 1.82) is 0 Å². The molecule has 1 saturated heterocycles. The van der Waals surface area contributed by atoms with E-state index in [1.165, 1.54) is 16.4 Å². The second-order valence-electron chi connectivity index (χ2n) is 7.14. The molecule has 3 rings (SSSR count). The molecule has 3 heterocycles. The van der Waals surface area contributed by atoms with Gasteiger partial charge in [-0.15, -0.1) is 0 Å². The van der Waals surface area contributed by atoms with Crippen LogP contribution in [0.1, 0.15) is 25.0 Å². The largest absolute Gasteiger partial charge is 0.480 e. The van der Waals surface area contributed by atoms with Crippen molar-refractivity contribution >= 4 is 27.6 Å². The molecule has 0 aliphatic carbocycles. The number of nitrogens with zero attached hydrogens (tertiary/aromatic N) is 3. The van der Waals surface area contributed by atoms with Gasteiger partial charge in [-0.2, -0.15) is 0 Å². The van der Waals surface area contributed by atoms with E-state index in [2.05, 4.69) is 15.0 Å². The van der Waals surface area contributed by atoms with Crippen molar-refractivity contribution < 1.29 is 27.4 Å². The first-order valence-corrected chi connectivity index (χ1v) is 11.3. The highest BCUT2D eigenvalue weighted by molar-refractivity contribution is 7.89. The molecule has 0 radical (unpaired) electrons. The number of aliphatic carboxylic acids is 1. The molecule has 0 saturated carbocycles. The number of hydrogen-bond acceptors (Lipinski definition) is 6. The summed E-state index contributed by atoms with van der Waals surface area (Å²) in [6.45, 7) is 1.82. The van der Waals surface area contributed by atoms with E-state index in [0.29, 0.717) is 36.7 Å². The van der Waals surface area contributed by atoms with Crippen molar-refractivity contribution in [2.75, 3.05) is 32.1 Å². The number of piperidine rings is 1. The van der Waals surface area contributed by atoms with Crippen LogP contribution in [-0.4, -0.2) is 70.8 Å². The molecule has 2 aromatic heterocycles. The average molecular weight is 461 g/mol. The quantitative estimate of drug-likeness (QED) is 0.578. The fourth-order valence-corrected chi connectivity index (χ4v) is 5.19. The summed E-state index contributed by atoms with van der Waals surface area (Å²) in [6, 6.07) is 2.78. The average Bonchev–Trinajstić information content (AvgIpc) is 3.07. The third-order valence-electron chi connectivity index (χ3n) is 5.00. The summed E-state index contributed by atoms with van der Waals surface area (Å²) in [5.74, 6) is -1.52. The van der Waals surface area contributed by atoms with Crippen molar-refractivity contribution in [3.63, 3.8) is 0 Å². The molecule has 2 aromatic rings. The molecule has 1 aliphatic heterocycles. The number of nitrogens with one attached hydrogen (secondary N) is 1. The fraction of sp³-hybridized carbons (Fsp3) is 0.500. The number of H-pyrrole nitrogens is 1. The molecule has 164 valence electrons. The molecular weight excluding hydrogens is 439 g/mol.